The van der Waals surface area contributed by atoms with E-state index in [0.717, 1.165) is 5.56 Å². The molecule has 1 saturated heterocycles. The van der Waals surface area contributed by atoms with Crippen LogP contribution in [-0.2, 0) is 16.1 Å². The molecular weight excluding hydrogens is 322 g/mol. The van der Waals surface area contributed by atoms with Crippen LogP contribution in [0.5, 0.6) is 0 Å². The van der Waals surface area contributed by atoms with Crippen LogP contribution >= 0.6 is 0 Å². The Morgan fingerprint density at radius 3 is 2.60 bits per heavy atom. The minimum atomic E-state index is -1.27. The fourth-order valence-electron chi connectivity index (χ4n) is 2.98. The number of carboxylic acid groups (broad SMARTS) is 1. The number of carboxylic acids is 1. The van der Waals surface area contributed by atoms with E-state index < -0.39 is 17.4 Å². The molecule has 0 aliphatic carbocycles. The fourth-order valence-corrected chi connectivity index (χ4v) is 2.98. The van der Waals surface area contributed by atoms with E-state index in [1.165, 1.54) is 6.20 Å². The molecule has 0 radical (unpaired) electrons. The number of aliphatic carboxylic acids is 1. The first-order valence-electron chi connectivity index (χ1n) is 8.22. The highest BCUT2D eigenvalue weighted by Gasteiger charge is 2.42. The first kappa shape index (κ1) is 17.2. The lowest BCUT2D eigenvalue weighted by Crippen LogP contribution is -2.57. The molecule has 1 aromatic heterocycles. The quantitative estimate of drug-likeness (QED) is 0.860. The van der Waals surface area contributed by atoms with Gasteiger partial charge >= 0.3 is 5.97 Å². The van der Waals surface area contributed by atoms with E-state index in [2.05, 4.69) is 10.4 Å². The van der Waals surface area contributed by atoms with E-state index >= 15 is 0 Å². The predicted molar refractivity (Wildman–Crippen MR) is 90.4 cm³/mol. The topological polar surface area (TPSA) is 93.5 Å². The molecule has 1 fully saturated rings. The summed E-state index contributed by atoms with van der Waals surface area (Å²) in [6, 6.07) is 9.81. The van der Waals surface area contributed by atoms with Crippen molar-refractivity contribution in [1.29, 1.82) is 0 Å². The van der Waals surface area contributed by atoms with Crippen LogP contribution in [-0.4, -0.2) is 45.5 Å². The summed E-state index contributed by atoms with van der Waals surface area (Å²) in [5, 5.41) is 16.5. The van der Waals surface area contributed by atoms with Crippen molar-refractivity contribution in [3.05, 3.63) is 53.3 Å². The molecular formula is C18H21N3O4. The summed E-state index contributed by atoms with van der Waals surface area (Å²) in [4.78, 5) is 24.3. The zero-order valence-electron chi connectivity index (χ0n) is 14.1. The SMILES string of the molecule is Cc1c(C(=O)NC2(C(=O)O)CCOCC2)cnn1Cc1ccccc1. The minimum absolute atomic E-state index is 0.255. The maximum atomic E-state index is 12.6. The summed E-state index contributed by atoms with van der Waals surface area (Å²) in [5.74, 6) is -1.44. The Hall–Kier alpha value is -2.67. The summed E-state index contributed by atoms with van der Waals surface area (Å²) < 4.78 is 6.96. The molecule has 0 spiro atoms. The van der Waals surface area contributed by atoms with Gasteiger partial charge in [-0.1, -0.05) is 30.3 Å². The average molecular weight is 343 g/mol. The van der Waals surface area contributed by atoms with E-state index in [-0.39, 0.29) is 12.8 Å². The van der Waals surface area contributed by atoms with Crippen LogP contribution in [0.4, 0.5) is 0 Å². The number of rotatable bonds is 5. The number of amides is 1. The van der Waals surface area contributed by atoms with Gasteiger partial charge in [0.1, 0.15) is 5.54 Å². The minimum Gasteiger partial charge on any atom is -0.480 e. The zero-order valence-corrected chi connectivity index (χ0v) is 14.1. The second-order valence-corrected chi connectivity index (χ2v) is 6.24. The van der Waals surface area contributed by atoms with E-state index in [9.17, 15) is 14.7 Å². The Morgan fingerprint density at radius 2 is 1.96 bits per heavy atom. The molecule has 1 amide bonds. The first-order valence-corrected chi connectivity index (χ1v) is 8.22. The Balaban J connectivity index is 1.77. The number of ether oxygens (including phenoxy) is 1. The molecule has 3 rings (SSSR count). The van der Waals surface area contributed by atoms with Crippen LogP contribution in [0, 0.1) is 6.92 Å². The van der Waals surface area contributed by atoms with Crippen LogP contribution in [0.2, 0.25) is 0 Å². The number of benzene rings is 1. The van der Waals surface area contributed by atoms with Crippen molar-refractivity contribution in [3.8, 4) is 0 Å². The number of nitrogens with zero attached hydrogens (tertiary/aromatic N) is 2. The predicted octanol–water partition coefficient (Wildman–Crippen LogP) is 1.60. The van der Waals surface area contributed by atoms with Crippen LogP contribution in [0.3, 0.4) is 0 Å². The zero-order chi connectivity index (χ0) is 17.9. The second kappa shape index (κ2) is 7.06. The van der Waals surface area contributed by atoms with Gasteiger partial charge in [-0.15, -0.1) is 0 Å². The maximum absolute atomic E-state index is 12.6. The third-order valence-corrected chi connectivity index (χ3v) is 4.63. The van der Waals surface area contributed by atoms with Crippen LogP contribution in [0.15, 0.2) is 36.5 Å². The summed E-state index contributed by atoms with van der Waals surface area (Å²) in [6.45, 7) is 3.00. The van der Waals surface area contributed by atoms with Crippen molar-refractivity contribution < 1.29 is 19.4 Å². The van der Waals surface area contributed by atoms with E-state index in [1.54, 1.807) is 4.68 Å². The molecule has 2 aromatic rings. The van der Waals surface area contributed by atoms with Gasteiger partial charge in [0.25, 0.3) is 5.91 Å². The lowest BCUT2D eigenvalue weighted by Gasteiger charge is -2.33. The third-order valence-electron chi connectivity index (χ3n) is 4.63. The van der Waals surface area contributed by atoms with E-state index in [0.29, 0.717) is 31.0 Å². The molecule has 2 heterocycles. The largest absolute Gasteiger partial charge is 0.480 e. The van der Waals surface area contributed by atoms with Crippen LogP contribution in [0.1, 0.15) is 34.5 Å². The monoisotopic (exact) mass is 343 g/mol. The summed E-state index contributed by atoms with van der Waals surface area (Å²) in [7, 11) is 0. The highest BCUT2D eigenvalue weighted by Crippen LogP contribution is 2.22. The molecule has 0 saturated carbocycles. The number of hydrogen-bond acceptors (Lipinski definition) is 4. The number of carbonyl (C=O) groups excluding carboxylic acids is 1. The van der Waals surface area contributed by atoms with E-state index in [1.807, 2.05) is 37.3 Å². The molecule has 2 N–H and O–H groups in total. The molecule has 1 aromatic carbocycles. The molecule has 25 heavy (non-hydrogen) atoms. The van der Waals surface area contributed by atoms with Crippen LogP contribution < -0.4 is 5.32 Å². The van der Waals surface area contributed by atoms with Gasteiger partial charge in [0.05, 0.1) is 18.3 Å². The molecule has 1 aliphatic heterocycles. The number of nitrogens with one attached hydrogen (secondary N) is 1. The van der Waals surface area contributed by atoms with Gasteiger partial charge in [0.15, 0.2) is 0 Å². The summed E-state index contributed by atoms with van der Waals surface area (Å²) >= 11 is 0. The van der Waals surface area contributed by atoms with Gasteiger partial charge < -0.3 is 15.2 Å². The van der Waals surface area contributed by atoms with Gasteiger partial charge in [-0.3, -0.25) is 9.48 Å². The summed E-state index contributed by atoms with van der Waals surface area (Å²) in [6.07, 6.45) is 2.00. The normalized spacial score (nSPS) is 16.4. The molecule has 0 unspecified atom stereocenters. The Bertz CT molecular complexity index is 764. The second-order valence-electron chi connectivity index (χ2n) is 6.24. The van der Waals surface area contributed by atoms with E-state index in [4.69, 9.17) is 4.74 Å². The van der Waals surface area contributed by atoms with Crippen molar-refractivity contribution in [3.63, 3.8) is 0 Å². The number of aromatic nitrogens is 2. The van der Waals surface area contributed by atoms with Gasteiger partial charge in [-0.2, -0.15) is 5.10 Å². The van der Waals surface area contributed by atoms with Gasteiger partial charge in [0, 0.05) is 31.7 Å². The van der Waals surface area contributed by atoms with Gasteiger partial charge in [0.2, 0.25) is 0 Å². The van der Waals surface area contributed by atoms with Crippen LogP contribution in [0.25, 0.3) is 0 Å². The molecule has 0 atom stereocenters. The standard InChI is InChI=1S/C18H21N3O4/c1-13-15(11-19-21(13)12-14-5-3-2-4-6-14)16(22)20-18(17(23)24)7-9-25-10-8-18/h2-6,11H,7-10,12H2,1H3,(H,20,22)(H,23,24). The lowest BCUT2D eigenvalue weighted by atomic mass is 9.89. The van der Waals surface area contributed by atoms with Gasteiger partial charge in [-0.25, -0.2) is 4.79 Å². The smallest absolute Gasteiger partial charge is 0.329 e. The number of hydrogen-bond donors (Lipinski definition) is 2. The van der Waals surface area contributed by atoms with Crippen molar-refractivity contribution in [2.45, 2.75) is 31.8 Å². The molecule has 1 aliphatic rings. The maximum Gasteiger partial charge on any atom is 0.329 e. The third kappa shape index (κ3) is 3.56. The Kier molecular flexibility index (Phi) is 4.85. The molecule has 0 bridgehead atoms. The Labute approximate surface area is 145 Å². The van der Waals surface area contributed by atoms with Gasteiger partial charge in [-0.05, 0) is 12.5 Å². The molecule has 7 nitrogen and oxygen atoms in total. The Morgan fingerprint density at radius 1 is 1.28 bits per heavy atom. The number of carbonyl (C=O) groups is 2. The van der Waals surface area contributed by atoms with Crippen molar-refractivity contribution in [1.82, 2.24) is 15.1 Å². The fraction of sp³-hybridized carbons (Fsp3) is 0.389. The van der Waals surface area contributed by atoms with Crippen molar-refractivity contribution in [2.75, 3.05) is 13.2 Å². The van der Waals surface area contributed by atoms with Crippen molar-refractivity contribution >= 4 is 11.9 Å². The molecule has 7 heteroatoms. The highest BCUT2D eigenvalue weighted by molar-refractivity contribution is 5.98. The average Bonchev–Trinajstić information content (AvgIpc) is 2.97. The van der Waals surface area contributed by atoms with Crippen molar-refractivity contribution in [2.24, 2.45) is 0 Å². The molecule has 132 valence electrons. The first-order chi connectivity index (χ1) is 12.0. The highest BCUT2D eigenvalue weighted by atomic mass is 16.5. The summed E-state index contributed by atoms with van der Waals surface area (Å²) in [5.41, 5.74) is 0.896. The lowest BCUT2D eigenvalue weighted by molar-refractivity contribution is -0.148.